The van der Waals surface area contributed by atoms with Crippen molar-refractivity contribution in [1.82, 2.24) is 0 Å². The number of carbonyl (C=O) groups is 2. The van der Waals surface area contributed by atoms with E-state index in [0.717, 1.165) is 6.07 Å². The molecule has 0 saturated carbocycles. The van der Waals surface area contributed by atoms with Gasteiger partial charge in [-0.3, -0.25) is 14.9 Å². The Morgan fingerprint density at radius 1 is 1.15 bits per heavy atom. The Bertz CT molecular complexity index is 851. The van der Waals surface area contributed by atoms with Crippen LogP contribution in [-0.2, 0) is 9.53 Å². The summed E-state index contributed by atoms with van der Waals surface area (Å²) >= 11 is 0. The Labute approximate surface area is 155 Å². The highest BCUT2D eigenvalue weighted by atomic mass is 16.6. The van der Waals surface area contributed by atoms with Crippen molar-refractivity contribution in [2.45, 2.75) is 6.92 Å². The molecule has 0 heterocycles. The number of carbonyl (C=O) groups excluding carboxylic acids is 2. The molecule has 0 atom stereocenters. The molecule has 0 radical (unpaired) electrons. The molecule has 9 nitrogen and oxygen atoms in total. The second-order valence-corrected chi connectivity index (χ2v) is 5.20. The molecule has 2 rings (SSSR count). The molecule has 0 spiro atoms. The van der Waals surface area contributed by atoms with Crippen LogP contribution in [0.2, 0.25) is 0 Å². The molecule has 9 heteroatoms. The molecule has 27 heavy (non-hydrogen) atoms. The maximum atomic E-state index is 12.1. The molecule has 0 aliphatic carbocycles. The molecular weight excluding hydrogens is 356 g/mol. The van der Waals surface area contributed by atoms with Crippen LogP contribution < -0.4 is 14.8 Å². The van der Waals surface area contributed by atoms with E-state index in [9.17, 15) is 19.7 Å². The number of nitrogens with zero attached hydrogens (tertiary/aromatic N) is 1. The lowest BCUT2D eigenvalue weighted by Crippen LogP contribution is -2.21. The summed E-state index contributed by atoms with van der Waals surface area (Å²) in [4.78, 5) is 34.5. The number of nitro benzene ring substituents is 1. The third-order valence-corrected chi connectivity index (χ3v) is 3.41. The van der Waals surface area contributed by atoms with Crippen LogP contribution in [0.25, 0.3) is 0 Å². The van der Waals surface area contributed by atoms with Crippen molar-refractivity contribution >= 4 is 23.3 Å². The lowest BCUT2D eigenvalue weighted by Gasteiger charge is -2.10. The number of hydrogen-bond donors (Lipinski definition) is 1. The fourth-order valence-electron chi connectivity index (χ4n) is 2.21. The highest BCUT2D eigenvalue weighted by molar-refractivity contribution is 5.96. The van der Waals surface area contributed by atoms with E-state index < -0.39 is 23.4 Å². The fraction of sp³-hybridized carbons (Fsp3) is 0.222. The molecule has 0 bridgehead atoms. The maximum Gasteiger partial charge on any atom is 0.338 e. The van der Waals surface area contributed by atoms with Gasteiger partial charge in [0.2, 0.25) is 0 Å². The van der Waals surface area contributed by atoms with Gasteiger partial charge in [-0.15, -0.1) is 0 Å². The van der Waals surface area contributed by atoms with Crippen molar-refractivity contribution in [3.05, 3.63) is 58.1 Å². The smallest absolute Gasteiger partial charge is 0.338 e. The quantitative estimate of drug-likeness (QED) is 0.429. The molecule has 0 aliphatic rings. The molecule has 1 N–H and O–H groups in total. The van der Waals surface area contributed by atoms with Crippen LogP contribution in [0.1, 0.15) is 17.3 Å². The van der Waals surface area contributed by atoms with E-state index in [-0.39, 0.29) is 23.6 Å². The SMILES string of the molecule is CCOc1ccc(C(=O)OCC(=O)Nc2ccccc2OC)cc1[N+](=O)[O-]. The third kappa shape index (κ3) is 5.18. The Kier molecular flexibility index (Phi) is 6.70. The molecule has 0 saturated heterocycles. The predicted octanol–water partition coefficient (Wildman–Crippen LogP) is 2.80. The van der Waals surface area contributed by atoms with Gasteiger partial charge in [-0.25, -0.2) is 4.79 Å². The van der Waals surface area contributed by atoms with Gasteiger partial charge < -0.3 is 19.5 Å². The minimum absolute atomic E-state index is 0.0490. The summed E-state index contributed by atoms with van der Waals surface area (Å²) in [7, 11) is 1.46. The van der Waals surface area contributed by atoms with E-state index in [1.807, 2.05) is 0 Å². The standard InChI is InChI=1S/C18H18N2O7/c1-3-26-16-9-8-12(10-14(16)20(23)24)18(22)27-11-17(21)19-13-6-4-5-7-15(13)25-2/h4-10H,3,11H2,1-2H3,(H,19,21). The number of rotatable bonds is 8. The molecule has 2 aromatic rings. The normalized spacial score (nSPS) is 10.0. The second-order valence-electron chi connectivity index (χ2n) is 5.20. The van der Waals surface area contributed by atoms with E-state index in [1.54, 1.807) is 31.2 Å². The molecule has 2 aromatic carbocycles. The Balaban J connectivity index is 2.01. The zero-order valence-corrected chi connectivity index (χ0v) is 14.8. The van der Waals surface area contributed by atoms with E-state index in [1.165, 1.54) is 19.2 Å². The lowest BCUT2D eigenvalue weighted by molar-refractivity contribution is -0.385. The summed E-state index contributed by atoms with van der Waals surface area (Å²) < 4.78 is 15.2. The number of anilines is 1. The van der Waals surface area contributed by atoms with Gasteiger partial charge in [0.05, 0.1) is 29.9 Å². The van der Waals surface area contributed by atoms with Gasteiger partial charge in [0.1, 0.15) is 5.75 Å². The zero-order chi connectivity index (χ0) is 19.8. The van der Waals surface area contributed by atoms with Gasteiger partial charge in [-0.2, -0.15) is 0 Å². The van der Waals surface area contributed by atoms with Crippen molar-refractivity contribution in [3.63, 3.8) is 0 Å². The van der Waals surface area contributed by atoms with E-state index >= 15 is 0 Å². The molecule has 0 unspecified atom stereocenters. The highest BCUT2D eigenvalue weighted by Crippen LogP contribution is 2.28. The first kappa shape index (κ1) is 19.7. The number of hydrogen-bond acceptors (Lipinski definition) is 7. The van der Waals surface area contributed by atoms with Crippen LogP contribution in [0.15, 0.2) is 42.5 Å². The predicted molar refractivity (Wildman–Crippen MR) is 96.2 cm³/mol. The number of ether oxygens (including phenoxy) is 3. The molecule has 0 fully saturated rings. The van der Waals surface area contributed by atoms with Gasteiger partial charge in [0, 0.05) is 6.07 Å². The average Bonchev–Trinajstić information content (AvgIpc) is 2.67. The maximum absolute atomic E-state index is 12.1. The molecule has 1 amide bonds. The first-order valence-electron chi connectivity index (χ1n) is 7.97. The number of methoxy groups -OCH3 is 1. The van der Waals surface area contributed by atoms with Crippen molar-refractivity contribution < 1.29 is 28.7 Å². The number of nitrogens with one attached hydrogen (secondary N) is 1. The minimum Gasteiger partial charge on any atom is -0.495 e. The zero-order valence-electron chi connectivity index (χ0n) is 14.8. The largest absolute Gasteiger partial charge is 0.495 e. The van der Waals surface area contributed by atoms with Crippen LogP contribution in [0.3, 0.4) is 0 Å². The lowest BCUT2D eigenvalue weighted by atomic mass is 10.2. The van der Waals surface area contributed by atoms with Crippen molar-refractivity contribution in [1.29, 1.82) is 0 Å². The number of benzene rings is 2. The van der Waals surface area contributed by atoms with Crippen LogP contribution in [0.4, 0.5) is 11.4 Å². The summed E-state index contributed by atoms with van der Waals surface area (Å²) in [5.41, 5.74) is 0.0118. The number of amides is 1. The molecule has 0 aliphatic heterocycles. The van der Waals surface area contributed by atoms with Gasteiger partial charge in [-0.05, 0) is 31.2 Å². The Morgan fingerprint density at radius 3 is 2.56 bits per heavy atom. The third-order valence-electron chi connectivity index (χ3n) is 3.41. The van der Waals surface area contributed by atoms with Crippen LogP contribution in [0, 0.1) is 10.1 Å². The van der Waals surface area contributed by atoms with E-state index in [0.29, 0.717) is 11.4 Å². The Morgan fingerprint density at radius 2 is 1.89 bits per heavy atom. The first-order valence-corrected chi connectivity index (χ1v) is 7.97. The van der Waals surface area contributed by atoms with Crippen LogP contribution in [0.5, 0.6) is 11.5 Å². The average molecular weight is 374 g/mol. The van der Waals surface area contributed by atoms with Gasteiger partial charge in [-0.1, -0.05) is 12.1 Å². The number of para-hydroxylation sites is 2. The number of nitro groups is 1. The fourth-order valence-corrected chi connectivity index (χ4v) is 2.21. The first-order chi connectivity index (χ1) is 13.0. The van der Waals surface area contributed by atoms with Gasteiger partial charge in [0.25, 0.3) is 5.91 Å². The Hall–Kier alpha value is -3.62. The van der Waals surface area contributed by atoms with Crippen LogP contribution >= 0.6 is 0 Å². The van der Waals surface area contributed by atoms with Crippen molar-refractivity contribution in [2.75, 3.05) is 25.6 Å². The molecular formula is C18H18N2O7. The summed E-state index contributed by atoms with van der Waals surface area (Å²) in [6, 6.07) is 10.4. The summed E-state index contributed by atoms with van der Waals surface area (Å²) in [6.45, 7) is 1.37. The summed E-state index contributed by atoms with van der Waals surface area (Å²) in [6.07, 6.45) is 0. The molecule has 142 valence electrons. The van der Waals surface area contributed by atoms with Crippen molar-refractivity contribution in [2.24, 2.45) is 0 Å². The van der Waals surface area contributed by atoms with E-state index in [4.69, 9.17) is 14.2 Å². The monoisotopic (exact) mass is 374 g/mol. The van der Waals surface area contributed by atoms with Gasteiger partial charge in [0.15, 0.2) is 12.4 Å². The molecule has 0 aromatic heterocycles. The highest BCUT2D eigenvalue weighted by Gasteiger charge is 2.20. The second kappa shape index (κ2) is 9.18. The minimum atomic E-state index is -0.865. The van der Waals surface area contributed by atoms with Gasteiger partial charge >= 0.3 is 11.7 Å². The van der Waals surface area contributed by atoms with Crippen LogP contribution in [-0.4, -0.2) is 37.1 Å². The van der Waals surface area contributed by atoms with Crippen molar-refractivity contribution in [3.8, 4) is 11.5 Å². The van der Waals surface area contributed by atoms with E-state index in [2.05, 4.69) is 5.32 Å². The topological polar surface area (TPSA) is 117 Å². The summed E-state index contributed by atoms with van der Waals surface area (Å²) in [5.74, 6) is -0.933. The number of esters is 1. The summed E-state index contributed by atoms with van der Waals surface area (Å²) in [5, 5.41) is 13.7.